The lowest BCUT2D eigenvalue weighted by Gasteiger charge is -2.34. The van der Waals surface area contributed by atoms with Crippen molar-refractivity contribution in [3.05, 3.63) is 34.9 Å². The lowest BCUT2D eigenvalue weighted by atomic mass is 10.00. The van der Waals surface area contributed by atoms with Crippen LogP contribution in [0.4, 0.5) is 0 Å². The normalized spacial score (nSPS) is 19.2. The average Bonchev–Trinajstić information content (AvgIpc) is 2.36. The second kappa shape index (κ2) is 5.63. The Morgan fingerprint density at radius 1 is 1.24 bits per heavy atom. The molecule has 0 aromatic heterocycles. The maximum atomic E-state index is 9.63. The van der Waals surface area contributed by atoms with E-state index in [-0.39, 0.29) is 12.6 Å². The zero-order chi connectivity index (χ0) is 12.3. The second-order valence-electron chi connectivity index (χ2n) is 4.83. The molecule has 1 fully saturated rings. The third-order valence-electron chi connectivity index (χ3n) is 3.68. The highest BCUT2D eigenvalue weighted by Crippen LogP contribution is 2.22. The van der Waals surface area contributed by atoms with Crippen LogP contribution in [-0.2, 0) is 0 Å². The lowest BCUT2D eigenvalue weighted by molar-refractivity contribution is 0.111. The SMILES string of the molecule is Cc1ccc(C(CO)N2CCNCC2)cc1C. The summed E-state index contributed by atoms with van der Waals surface area (Å²) in [4.78, 5) is 2.36. The van der Waals surface area contributed by atoms with Gasteiger partial charge in [0.2, 0.25) is 0 Å². The lowest BCUT2D eigenvalue weighted by Crippen LogP contribution is -2.46. The highest BCUT2D eigenvalue weighted by Gasteiger charge is 2.21. The largest absolute Gasteiger partial charge is 0.394 e. The van der Waals surface area contributed by atoms with Gasteiger partial charge in [-0.2, -0.15) is 0 Å². The van der Waals surface area contributed by atoms with Gasteiger partial charge in [0.25, 0.3) is 0 Å². The number of nitrogens with one attached hydrogen (secondary N) is 1. The summed E-state index contributed by atoms with van der Waals surface area (Å²) < 4.78 is 0. The van der Waals surface area contributed by atoms with Crippen LogP contribution in [-0.4, -0.2) is 42.8 Å². The van der Waals surface area contributed by atoms with Gasteiger partial charge in [-0.25, -0.2) is 0 Å². The quantitative estimate of drug-likeness (QED) is 0.826. The van der Waals surface area contributed by atoms with E-state index in [1.54, 1.807) is 0 Å². The molecular weight excluding hydrogens is 212 g/mol. The van der Waals surface area contributed by atoms with Crippen LogP contribution in [0.2, 0.25) is 0 Å². The first-order valence-electron chi connectivity index (χ1n) is 6.35. The molecule has 1 heterocycles. The smallest absolute Gasteiger partial charge is 0.0628 e. The van der Waals surface area contributed by atoms with Crippen LogP contribution in [0.3, 0.4) is 0 Å². The molecular formula is C14H22N2O. The zero-order valence-electron chi connectivity index (χ0n) is 10.7. The standard InChI is InChI=1S/C14H22N2O/c1-11-3-4-13(9-12(11)2)14(10-17)16-7-5-15-6-8-16/h3-4,9,14-15,17H,5-8,10H2,1-2H3. The highest BCUT2D eigenvalue weighted by molar-refractivity contribution is 5.31. The summed E-state index contributed by atoms with van der Waals surface area (Å²) in [5.74, 6) is 0. The molecule has 2 rings (SSSR count). The molecule has 1 atom stereocenters. The Balaban J connectivity index is 2.18. The number of hydrogen-bond donors (Lipinski definition) is 2. The van der Waals surface area contributed by atoms with Gasteiger partial charge in [0, 0.05) is 26.2 Å². The van der Waals surface area contributed by atoms with Crippen LogP contribution in [0.15, 0.2) is 18.2 Å². The van der Waals surface area contributed by atoms with E-state index < -0.39 is 0 Å². The van der Waals surface area contributed by atoms with Crippen molar-refractivity contribution in [1.29, 1.82) is 0 Å². The van der Waals surface area contributed by atoms with Gasteiger partial charge in [-0.05, 0) is 30.5 Å². The van der Waals surface area contributed by atoms with Gasteiger partial charge >= 0.3 is 0 Å². The van der Waals surface area contributed by atoms with Gasteiger partial charge in [-0.15, -0.1) is 0 Å². The summed E-state index contributed by atoms with van der Waals surface area (Å²) >= 11 is 0. The summed E-state index contributed by atoms with van der Waals surface area (Å²) in [6.07, 6.45) is 0. The number of aryl methyl sites for hydroxylation is 2. The van der Waals surface area contributed by atoms with Gasteiger partial charge in [0.1, 0.15) is 0 Å². The minimum Gasteiger partial charge on any atom is -0.394 e. The molecule has 3 heteroatoms. The fourth-order valence-electron chi connectivity index (χ4n) is 2.40. The third-order valence-corrected chi connectivity index (χ3v) is 3.68. The first-order valence-corrected chi connectivity index (χ1v) is 6.35. The van der Waals surface area contributed by atoms with Crippen molar-refractivity contribution >= 4 is 0 Å². The number of rotatable bonds is 3. The predicted octanol–water partition coefficient (Wildman–Crippen LogP) is 1.24. The fraction of sp³-hybridized carbons (Fsp3) is 0.571. The first-order chi connectivity index (χ1) is 8.22. The number of nitrogens with zero attached hydrogens (tertiary/aromatic N) is 1. The van der Waals surface area contributed by atoms with Crippen LogP contribution in [0, 0.1) is 13.8 Å². The number of hydrogen-bond acceptors (Lipinski definition) is 3. The van der Waals surface area contributed by atoms with E-state index in [1.807, 2.05) is 0 Å². The Morgan fingerprint density at radius 3 is 2.53 bits per heavy atom. The summed E-state index contributed by atoms with van der Waals surface area (Å²) in [5, 5.41) is 13.0. The van der Waals surface area contributed by atoms with Crippen LogP contribution in [0.5, 0.6) is 0 Å². The molecule has 3 nitrogen and oxygen atoms in total. The summed E-state index contributed by atoms with van der Waals surface area (Å²) in [6.45, 7) is 8.50. The van der Waals surface area contributed by atoms with Gasteiger partial charge < -0.3 is 10.4 Å². The van der Waals surface area contributed by atoms with Crippen molar-refractivity contribution in [3.63, 3.8) is 0 Å². The molecule has 2 N–H and O–H groups in total. The van der Waals surface area contributed by atoms with E-state index in [4.69, 9.17) is 0 Å². The van der Waals surface area contributed by atoms with E-state index in [9.17, 15) is 5.11 Å². The van der Waals surface area contributed by atoms with Crippen molar-refractivity contribution in [3.8, 4) is 0 Å². The minimum atomic E-state index is 0.149. The average molecular weight is 234 g/mol. The van der Waals surface area contributed by atoms with Gasteiger partial charge in [-0.1, -0.05) is 18.2 Å². The second-order valence-corrected chi connectivity index (χ2v) is 4.83. The van der Waals surface area contributed by atoms with E-state index >= 15 is 0 Å². The summed E-state index contributed by atoms with van der Waals surface area (Å²) in [5.41, 5.74) is 3.85. The van der Waals surface area contributed by atoms with Crippen molar-refractivity contribution in [2.24, 2.45) is 0 Å². The van der Waals surface area contributed by atoms with Crippen molar-refractivity contribution in [2.45, 2.75) is 19.9 Å². The molecule has 0 saturated carbocycles. The molecule has 1 unspecified atom stereocenters. The van der Waals surface area contributed by atoms with Crippen molar-refractivity contribution in [1.82, 2.24) is 10.2 Å². The molecule has 1 aromatic carbocycles. The Morgan fingerprint density at radius 2 is 1.94 bits per heavy atom. The number of piperazine rings is 1. The third kappa shape index (κ3) is 2.86. The molecule has 1 aliphatic heterocycles. The highest BCUT2D eigenvalue weighted by atomic mass is 16.3. The maximum Gasteiger partial charge on any atom is 0.0628 e. The van der Waals surface area contributed by atoms with Crippen LogP contribution < -0.4 is 5.32 Å². The molecule has 94 valence electrons. The van der Waals surface area contributed by atoms with E-state index in [0.717, 1.165) is 26.2 Å². The maximum absolute atomic E-state index is 9.63. The number of benzene rings is 1. The molecule has 1 aliphatic rings. The van der Waals surface area contributed by atoms with Crippen LogP contribution in [0.1, 0.15) is 22.7 Å². The van der Waals surface area contributed by atoms with Crippen molar-refractivity contribution in [2.75, 3.05) is 32.8 Å². The van der Waals surface area contributed by atoms with Crippen molar-refractivity contribution < 1.29 is 5.11 Å². The topological polar surface area (TPSA) is 35.5 Å². The first kappa shape index (κ1) is 12.6. The Kier molecular flexibility index (Phi) is 4.15. The Bertz CT molecular complexity index is 372. The molecule has 0 aliphatic carbocycles. The summed E-state index contributed by atoms with van der Waals surface area (Å²) in [7, 11) is 0. The zero-order valence-corrected chi connectivity index (χ0v) is 10.7. The fourth-order valence-corrected chi connectivity index (χ4v) is 2.40. The number of aliphatic hydroxyl groups excluding tert-OH is 1. The Hall–Kier alpha value is -0.900. The monoisotopic (exact) mass is 234 g/mol. The van der Waals surface area contributed by atoms with E-state index in [0.29, 0.717) is 0 Å². The molecule has 0 spiro atoms. The number of aliphatic hydroxyl groups is 1. The Labute approximate surface area is 103 Å². The predicted molar refractivity (Wildman–Crippen MR) is 70.2 cm³/mol. The summed E-state index contributed by atoms with van der Waals surface area (Å²) in [6, 6.07) is 6.65. The van der Waals surface area contributed by atoms with Gasteiger partial charge in [0.05, 0.1) is 12.6 Å². The molecule has 1 saturated heterocycles. The van der Waals surface area contributed by atoms with E-state index in [1.165, 1.54) is 16.7 Å². The van der Waals surface area contributed by atoms with Gasteiger partial charge in [-0.3, -0.25) is 4.90 Å². The molecule has 0 bridgehead atoms. The van der Waals surface area contributed by atoms with Gasteiger partial charge in [0.15, 0.2) is 0 Å². The molecule has 0 radical (unpaired) electrons. The molecule has 0 amide bonds. The minimum absolute atomic E-state index is 0.149. The van der Waals surface area contributed by atoms with Crippen LogP contribution in [0.25, 0.3) is 0 Å². The van der Waals surface area contributed by atoms with E-state index in [2.05, 4.69) is 42.3 Å². The molecule has 17 heavy (non-hydrogen) atoms. The van der Waals surface area contributed by atoms with Crippen LogP contribution >= 0.6 is 0 Å². The molecule has 1 aromatic rings.